The molecule has 2 nitrogen and oxygen atoms in total. The minimum atomic E-state index is -4.49. The molecule has 0 atom stereocenters. The van der Waals surface area contributed by atoms with Crippen LogP contribution in [0.25, 0.3) is 0 Å². The van der Waals surface area contributed by atoms with E-state index >= 15 is 0 Å². The second-order valence-corrected chi connectivity index (χ2v) is 4.07. The molecule has 0 aliphatic heterocycles. The number of hydrogen-bond acceptors (Lipinski definition) is 1. The number of aryl methyl sites for hydroxylation is 1. The molecule has 0 aliphatic carbocycles. The van der Waals surface area contributed by atoms with Gasteiger partial charge in [-0.1, -0.05) is 12.1 Å². The third kappa shape index (κ3) is 3.84. The molecule has 0 bridgehead atoms. The Hall–Kier alpha value is -1.04. The van der Waals surface area contributed by atoms with Crippen LogP contribution < -0.4 is 5.32 Å². The zero-order chi connectivity index (χ0) is 12.3. The van der Waals surface area contributed by atoms with Gasteiger partial charge in [0, 0.05) is 4.47 Å². The number of amides is 1. The molecule has 0 saturated carbocycles. The largest absolute Gasteiger partial charge is 0.397 e. The first-order valence-corrected chi connectivity index (χ1v) is 5.20. The fourth-order valence-corrected chi connectivity index (χ4v) is 1.48. The van der Waals surface area contributed by atoms with Crippen LogP contribution in [-0.4, -0.2) is 12.1 Å². The topological polar surface area (TPSA) is 29.1 Å². The van der Waals surface area contributed by atoms with Crippen LogP contribution in [0.5, 0.6) is 0 Å². The maximum Gasteiger partial charge on any atom is 0.397 e. The Balaban J connectivity index is 2.74. The third-order valence-corrected chi connectivity index (χ3v) is 2.88. The zero-order valence-electron chi connectivity index (χ0n) is 8.36. The second-order valence-electron chi connectivity index (χ2n) is 3.28. The molecule has 0 radical (unpaired) electrons. The average molecular weight is 296 g/mol. The Morgan fingerprint density at radius 3 is 2.62 bits per heavy atom. The quantitative estimate of drug-likeness (QED) is 0.886. The number of hydrogen-bond donors (Lipinski definition) is 1. The normalized spacial score (nSPS) is 11.3. The predicted octanol–water partition coefficient (Wildman–Crippen LogP) is 3.65. The molecule has 1 N–H and O–H groups in total. The highest BCUT2D eigenvalue weighted by molar-refractivity contribution is 9.10. The monoisotopic (exact) mass is 295 g/mol. The van der Waals surface area contributed by atoms with Gasteiger partial charge in [-0.15, -0.1) is 0 Å². The first-order valence-electron chi connectivity index (χ1n) is 4.41. The fourth-order valence-electron chi connectivity index (χ4n) is 1.12. The minimum absolute atomic E-state index is 0.342. The molecule has 6 heteroatoms. The number of halogens is 4. The van der Waals surface area contributed by atoms with Gasteiger partial charge in [-0.3, -0.25) is 4.79 Å². The summed E-state index contributed by atoms with van der Waals surface area (Å²) in [6, 6.07) is 4.97. The molecule has 0 unspecified atom stereocenters. The number of rotatable bonds is 2. The van der Waals surface area contributed by atoms with Gasteiger partial charge in [0.25, 0.3) is 0 Å². The summed E-state index contributed by atoms with van der Waals surface area (Å²) >= 11 is 3.19. The van der Waals surface area contributed by atoms with Crippen molar-refractivity contribution in [1.82, 2.24) is 0 Å². The molecule has 1 amide bonds. The van der Waals surface area contributed by atoms with Crippen molar-refractivity contribution in [3.63, 3.8) is 0 Å². The number of carbonyl (C=O) groups is 1. The van der Waals surface area contributed by atoms with Crippen molar-refractivity contribution in [2.45, 2.75) is 19.5 Å². The van der Waals surface area contributed by atoms with Crippen molar-refractivity contribution < 1.29 is 18.0 Å². The van der Waals surface area contributed by atoms with Gasteiger partial charge in [0.15, 0.2) is 0 Å². The molecule has 0 fully saturated rings. The highest BCUT2D eigenvalue weighted by Crippen LogP contribution is 2.27. The molecule has 0 aliphatic rings. The molecule has 0 saturated heterocycles. The lowest BCUT2D eigenvalue weighted by Crippen LogP contribution is -2.21. The van der Waals surface area contributed by atoms with Crippen LogP contribution in [0.2, 0.25) is 0 Å². The summed E-state index contributed by atoms with van der Waals surface area (Å²) in [6.45, 7) is 1.78. The van der Waals surface area contributed by atoms with E-state index in [1.165, 1.54) is 6.07 Å². The number of alkyl halides is 3. The lowest BCUT2D eigenvalue weighted by molar-refractivity contribution is -0.150. The maximum absolute atomic E-state index is 11.9. The molecule has 0 spiro atoms. The number of anilines is 1. The fraction of sp³-hybridized carbons (Fsp3) is 0.300. The van der Waals surface area contributed by atoms with Crippen LogP contribution in [0.4, 0.5) is 18.9 Å². The van der Waals surface area contributed by atoms with Crippen LogP contribution in [0.1, 0.15) is 12.0 Å². The van der Waals surface area contributed by atoms with E-state index < -0.39 is 18.5 Å². The molecule has 88 valence electrons. The summed E-state index contributed by atoms with van der Waals surface area (Å²) in [6.07, 6.45) is -5.96. The van der Waals surface area contributed by atoms with E-state index in [4.69, 9.17) is 0 Å². The third-order valence-electron chi connectivity index (χ3n) is 1.83. The maximum atomic E-state index is 11.9. The van der Waals surface area contributed by atoms with Crippen molar-refractivity contribution >= 4 is 27.5 Å². The van der Waals surface area contributed by atoms with Crippen LogP contribution >= 0.6 is 15.9 Å². The van der Waals surface area contributed by atoms with E-state index in [2.05, 4.69) is 21.2 Å². The Kier molecular flexibility index (Phi) is 3.96. The van der Waals surface area contributed by atoms with E-state index in [-0.39, 0.29) is 0 Å². The van der Waals surface area contributed by atoms with Crippen LogP contribution in [0, 0.1) is 6.92 Å². The summed E-state index contributed by atoms with van der Waals surface area (Å²) < 4.78 is 36.3. The Bertz CT molecular complexity index is 404. The van der Waals surface area contributed by atoms with Crippen LogP contribution in [0.3, 0.4) is 0 Å². The van der Waals surface area contributed by atoms with E-state index in [1.54, 1.807) is 19.1 Å². The van der Waals surface area contributed by atoms with Gasteiger partial charge in [-0.25, -0.2) is 0 Å². The molecule has 0 aromatic heterocycles. The predicted molar refractivity (Wildman–Crippen MR) is 58.2 cm³/mol. The van der Waals surface area contributed by atoms with Gasteiger partial charge in [0.05, 0.1) is 5.69 Å². The highest BCUT2D eigenvalue weighted by atomic mass is 79.9. The first-order chi connectivity index (χ1) is 7.29. The Morgan fingerprint density at radius 1 is 1.44 bits per heavy atom. The smallest absolute Gasteiger partial charge is 0.325 e. The summed E-state index contributed by atoms with van der Waals surface area (Å²) in [5, 5.41) is 2.20. The molecule has 1 rings (SSSR count). The van der Waals surface area contributed by atoms with Gasteiger partial charge in [-0.05, 0) is 34.5 Å². The lowest BCUT2D eigenvalue weighted by Gasteiger charge is -2.10. The minimum Gasteiger partial charge on any atom is -0.325 e. The van der Waals surface area contributed by atoms with Crippen LogP contribution in [0.15, 0.2) is 22.7 Å². The van der Waals surface area contributed by atoms with Crippen molar-refractivity contribution in [3.05, 3.63) is 28.2 Å². The molecule has 1 aromatic carbocycles. The summed E-state index contributed by atoms with van der Waals surface area (Å²) in [7, 11) is 0. The van der Waals surface area contributed by atoms with Gasteiger partial charge < -0.3 is 5.32 Å². The van der Waals surface area contributed by atoms with Gasteiger partial charge in [0.1, 0.15) is 6.42 Å². The zero-order valence-corrected chi connectivity index (χ0v) is 9.95. The van der Waals surface area contributed by atoms with Crippen molar-refractivity contribution in [3.8, 4) is 0 Å². The van der Waals surface area contributed by atoms with E-state index in [1.807, 2.05) is 0 Å². The standard InChI is InChI=1S/C10H9BrF3NO/c1-6-3-2-4-7(9(6)11)15-8(16)5-10(12,13)14/h2-4H,5H2,1H3,(H,15,16). The van der Waals surface area contributed by atoms with Gasteiger partial charge in [0.2, 0.25) is 5.91 Å². The summed E-state index contributed by atoms with van der Waals surface area (Å²) in [4.78, 5) is 11.0. The number of benzene rings is 1. The van der Waals surface area contributed by atoms with Crippen molar-refractivity contribution in [2.75, 3.05) is 5.32 Å². The SMILES string of the molecule is Cc1cccc(NC(=O)CC(F)(F)F)c1Br. The number of nitrogens with one attached hydrogen (secondary N) is 1. The van der Waals surface area contributed by atoms with E-state index in [0.29, 0.717) is 10.2 Å². The summed E-state index contributed by atoms with van der Waals surface area (Å²) in [5.41, 5.74) is 1.18. The van der Waals surface area contributed by atoms with Gasteiger partial charge in [-0.2, -0.15) is 13.2 Å². The molecule has 1 aromatic rings. The second kappa shape index (κ2) is 4.86. The molecule has 0 heterocycles. The lowest BCUT2D eigenvalue weighted by atomic mass is 10.2. The molecule has 16 heavy (non-hydrogen) atoms. The Labute approximate surface area is 99.0 Å². The average Bonchev–Trinajstić information content (AvgIpc) is 2.09. The van der Waals surface area contributed by atoms with Crippen LogP contribution in [-0.2, 0) is 4.79 Å². The van der Waals surface area contributed by atoms with Crippen molar-refractivity contribution in [1.29, 1.82) is 0 Å². The molecular weight excluding hydrogens is 287 g/mol. The Morgan fingerprint density at radius 2 is 2.06 bits per heavy atom. The van der Waals surface area contributed by atoms with E-state index in [9.17, 15) is 18.0 Å². The first kappa shape index (κ1) is 13.0. The highest BCUT2D eigenvalue weighted by Gasteiger charge is 2.31. The van der Waals surface area contributed by atoms with Gasteiger partial charge >= 0.3 is 6.18 Å². The number of carbonyl (C=O) groups excluding carboxylic acids is 1. The van der Waals surface area contributed by atoms with Crippen molar-refractivity contribution in [2.24, 2.45) is 0 Å². The van der Waals surface area contributed by atoms with E-state index in [0.717, 1.165) is 5.56 Å². The summed E-state index contributed by atoms with van der Waals surface area (Å²) in [5.74, 6) is -1.07. The molecular formula is C10H9BrF3NO.